The number of ether oxygens (including phenoxy) is 1. The zero-order valence-electron chi connectivity index (χ0n) is 12.6. The van der Waals surface area contributed by atoms with Crippen LogP contribution in [0.2, 0.25) is 0 Å². The molecule has 21 heavy (non-hydrogen) atoms. The average Bonchev–Trinajstić information content (AvgIpc) is 2.85. The lowest BCUT2D eigenvalue weighted by Gasteiger charge is -2.28. The van der Waals surface area contributed by atoms with Crippen LogP contribution in [-0.4, -0.2) is 24.1 Å². The second-order valence-electron chi connectivity index (χ2n) is 5.73. The van der Waals surface area contributed by atoms with Crippen molar-refractivity contribution in [2.75, 3.05) is 7.11 Å². The SMILES string of the molecule is COC(=O)[C@@H]1Cc2c([nH]c3ccccc23)[C@H](C=C(C)C)N1. The topological polar surface area (TPSA) is 54.1 Å². The predicted octanol–water partition coefficient (Wildman–Crippen LogP) is 2.86. The van der Waals surface area contributed by atoms with Crippen LogP contribution >= 0.6 is 0 Å². The predicted molar refractivity (Wildman–Crippen MR) is 83.1 cm³/mol. The van der Waals surface area contributed by atoms with E-state index in [0.717, 1.165) is 11.2 Å². The summed E-state index contributed by atoms with van der Waals surface area (Å²) < 4.78 is 4.91. The molecule has 1 aromatic carbocycles. The molecule has 3 rings (SSSR count). The minimum absolute atomic E-state index is 0.00949. The first kappa shape index (κ1) is 13.9. The van der Waals surface area contributed by atoms with E-state index in [0.29, 0.717) is 6.42 Å². The molecular weight excluding hydrogens is 264 g/mol. The number of para-hydroxylation sites is 1. The summed E-state index contributed by atoms with van der Waals surface area (Å²) in [5.74, 6) is -0.210. The Labute approximate surface area is 124 Å². The number of benzene rings is 1. The molecule has 1 aliphatic heterocycles. The van der Waals surface area contributed by atoms with Crippen molar-refractivity contribution < 1.29 is 9.53 Å². The maximum absolute atomic E-state index is 12.0. The van der Waals surface area contributed by atoms with Crippen LogP contribution < -0.4 is 5.32 Å². The number of esters is 1. The van der Waals surface area contributed by atoms with Crippen molar-refractivity contribution in [2.45, 2.75) is 32.4 Å². The fourth-order valence-electron chi connectivity index (χ4n) is 3.03. The number of H-pyrrole nitrogens is 1. The van der Waals surface area contributed by atoms with E-state index >= 15 is 0 Å². The summed E-state index contributed by atoms with van der Waals surface area (Å²) in [6, 6.07) is 7.93. The number of hydrogen-bond acceptors (Lipinski definition) is 3. The molecule has 2 N–H and O–H groups in total. The van der Waals surface area contributed by atoms with Gasteiger partial charge in [0.05, 0.1) is 13.2 Å². The van der Waals surface area contributed by atoms with Gasteiger partial charge in [-0.3, -0.25) is 10.1 Å². The number of aromatic amines is 1. The number of carbonyl (C=O) groups excluding carboxylic acids is 1. The van der Waals surface area contributed by atoms with Crippen molar-refractivity contribution in [1.29, 1.82) is 0 Å². The lowest BCUT2D eigenvalue weighted by atomic mass is 9.93. The van der Waals surface area contributed by atoms with Gasteiger partial charge in [0, 0.05) is 23.0 Å². The average molecular weight is 284 g/mol. The van der Waals surface area contributed by atoms with Gasteiger partial charge in [-0.25, -0.2) is 0 Å². The van der Waals surface area contributed by atoms with Gasteiger partial charge in [0.2, 0.25) is 0 Å². The molecule has 2 atom stereocenters. The van der Waals surface area contributed by atoms with E-state index in [9.17, 15) is 4.79 Å². The third-order valence-corrected chi connectivity index (χ3v) is 3.93. The first-order valence-electron chi connectivity index (χ1n) is 7.18. The largest absolute Gasteiger partial charge is 0.468 e. The molecule has 1 aromatic heterocycles. The number of carbonyl (C=O) groups is 1. The van der Waals surface area contributed by atoms with E-state index in [1.165, 1.54) is 23.6 Å². The summed E-state index contributed by atoms with van der Waals surface area (Å²) in [4.78, 5) is 15.4. The number of rotatable bonds is 2. The summed E-state index contributed by atoms with van der Waals surface area (Å²) in [5, 5.41) is 4.56. The highest BCUT2D eigenvalue weighted by molar-refractivity contribution is 5.87. The van der Waals surface area contributed by atoms with Gasteiger partial charge < -0.3 is 9.72 Å². The molecule has 0 aliphatic carbocycles. The van der Waals surface area contributed by atoms with Crippen LogP contribution in [0.25, 0.3) is 10.9 Å². The third-order valence-electron chi connectivity index (χ3n) is 3.93. The Morgan fingerprint density at radius 3 is 2.81 bits per heavy atom. The van der Waals surface area contributed by atoms with Gasteiger partial charge in [-0.1, -0.05) is 29.8 Å². The maximum Gasteiger partial charge on any atom is 0.323 e. The summed E-state index contributed by atoms with van der Waals surface area (Å²) >= 11 is 0. The number of allylic oxidation sites excluding steroid dienone is 1. The Balaban J connectivity index is 2.12. The zero-order valence-corrected chi connectivity index (χ0v) is 12.6. The van der Waals surface area contributed by atoms with E-state index in [-0.39, 0.29) is 18.1 Å². The highest BCUT2D eigenvalue weighted by Crippen LogP contribution is 2.33. The van der Waals surface area contributed by atoms with E-state index in [1.807, 2.05) is 12.1 Å². The molecule has 0 amide bonds. The number of hydrogen-bond donors (Lipinski definition) is 2. The molecule has 0 bridgehead atoms. The van der Waals surface area contributed by atoms with Crippen molar-refractivity contribution in [3.63, 3.8) is 0 Å². The highest BCUT2D eigenvalue weighted by Gasteiger charge is 2.32. The number of methoxy groups -OCH3 is 1. The molecule has 110 valence electrons. The van der Waals surface area contributed by atoms with Crippen molar-refractivity contribution >= 4 is 16.9 Å². The Morgan fingerprint density at radius 1 is 1.33 bits per heavy atom. The highest BCUT2D eigenvalue weighted by atomic mass is 16.5. The zero-order chi connectivity index (χ0) is 15.0. The second-order valence-corrected chi connectivity index (χ2v) is 5.73. The van der Waals surface area contributed by atoms with Crippen molar-refractivity contribution in [3.05, 3.63) is 47.2 Å². The first-order chi connectivity index (χ1) is 10.1. The molecule has 0 fully saturated rings. The maximum atomic E-state index is 12.0. The van der Waals surface area contributed by atoms with Crippen LogP contribution in [0.5, 0.6) is 0 Å². The Bertz CT molecular complexity index is 711. The van der Waals surface area contributed by atoms with E-state index in [1.54, 1.807) is 0 Å². The van der Waals surface area contributed by atoms with E-state index in [2.05, 4.69) is 42.4 Å². The summed E-state index contributed by atoms with van der Waals surface area (Å²) in [6.07, 6.45) is 2.79. The minimum Gasteiger partial charge on any atom is -0.468 e. The van der Waals surface area contributed by atoms with Crippen LogP contribution in [0, 0.1) is 0 Å². The van der Waals surface area contributed by atoms with Crippen molar-refractivity contribution in [1.82, 2.24) is 10.3 Å². The van der Waals surface area contributed by atoms with Crippen LogP contribution in [0.15, 0.2) is 35.9 Å². The molecule has 1 aliphatic rings. The lowest BCUT2D eigenvalue weighted by molar-refractivity contribution is -0.143. The van der Waals surface area contributed by atoms with Gasteiger partial charge in [-0.05, 0) is 25.5 Å². The number of nitrogens with one attached hydrogen (secondary N) is 2. The minimum atomic E-state index is -0.303. The van der Waals surface area contributed by atoms with Gasteiger partial charge in [-0.2, -0.15) is 0 Å². The second kappa shape index (κ2) is 5.37. The first-order valence-corrected chi connectivity index (χ1v) is 7.18. The summed E-state index contributed by atoms with van der Waals surface area (Å²) in [5.41, 5.74) is 4.68. The normalized spacial score (nSPS) is 20.9. The van der Waals surface area contributed by atoms with Crippen LogP contribution in [0.1, 0.15) is 31.1 Å². The fraction of sp³-hybridized carbons (Fsp3) is 0.353. The molecule has 4 nitrogen and oxygen atoms in total. The molecule has 0 radical (unpaired) electrons. The smallest absolute Gasteiger partial charge is 0.323 e. The fourth-order valence-corrected chi connectivity index (χ4v) is 3.03. The standard InChI is InChI=1S/C17H20N2O2/c1-10(2)8-14-16-12(9-15(18-14)17(20)21-3)11-6-4-5-7-13(11)19-16/h4-8,14-15,18-19H,9H2,1-3H3/t14-,15-/m0/s1. The van der Waals surface area contributed by atoms with Gasteiger partial charge in [0.15, 0.2) is 0 Å². The number of aromatic nitrogens is 1. The van der Waals surface area contributed by atoms with Crippen LogP contribution in [0.4, 0.5) is 0 Å². The summed E-state index contributed by atoms with van der Waals surface area (Å²) in [6.45, 7) is 4.12. The monoisotopic (exact) mass is 284 g/mol. The number of fused-ring (bicyclic) bond motifs is 3. The third kappa shape index (κ3) is 2.47. The Morgan fingerprint density at radius 2 is 2.10 bits per heavy atom. The van der Waals surface area contributed by atoms with Crippen LogP contribution in [0.3, 0.4) is 0 Å². The van der Waals surface area contributed by atoms with Gasteiger partial charge in [0.25, 0.3) is 0 Å². The molecule has 4 heteroatoms. The lowest BCUT2D eigenvalue weighted by Crippen LogP contribution is -2.44. The van der Waals surface area contributed by atoms with Crippen molar-refractivity contribution in [2.24, 2.45) is 0 Å². The summed E-state index contributed by atoms with van der Waals surface area (Å²) in [7, 11) is 1.44. The Kier molecular flexibility index (Phi) is 3.55. The van der Waals surface area contributed by atoms with Gasteiger partial charge in [-0.15, -0.1) is 0 Å². The molecule has 0 saturated heterocycles. The van der Waals surface area contributed by atoms with Gasteiger partial charge in [0.1, 0.15) is 6.04 Å². The Hall–Kier alpha value is -2.07. The molecular formula is C17H20N2O2. The van der Waals surface area contributed by atoms with Crippen LogP contribution in [-0.2, 0) is 16.0 Å². The van der Waals surface area contributed by atoms with Gasteiger partial charge >= 0.3 is 5.97 Å². The van der Waals surface area contributed by atoms with E-state index < -0.39 is 0 Å². The van der Waals surface area contributed by atoms with E-state index in [4.69, 9.17) is 4.74 Å². The molecule has 0 spiro atoms. The molecule has 2 aromatic rings. The molecule has 2 heterocycles. The molecule has 0 saturated carbocycles. The molecule has 0 unspecified atom stereocenters. The van der Waals surface area contributed by atoms with Crippen molar-refractivity contribution in [3.8, 4) is 0 Å². The quantitative estimate of drug-likeness (QED) is 0.658.